The molecular formula is C23H33N3O4. The summed E-state index contributed by atoms with van der Waals surface area (Å²) in [7, 11) is 1.61. The van der Waals surface area contributed by atoms with Crippen LogP contribution in [0.1, 0.15) is 52.5 Å². The quantitative estimate of drug-likeness (QED) is 0.778. The van der Waals surface area contributed by atoms with Crippen LogP contribution in [0.15, 0.2) is 35.1 Å². The Labute approximate surface area is 177 Å². The first-order chi connectivity index (χ1) is 14.2. The third kappa shape index (κ3) is 5.33. The summed E-state index contributed by atoms with van der Waals surface area (Å²) in [6.45, 7) is 5.79. The first-order valence-electron chi connectivity index (χ1n) is 10.6. The molecule has 1 aliphatic carbocycles. The zero-order valence-electron chi connectivity index (χ0n) is 18.3. The van der Waals surface area contributed by atoms with Crippen LogP contribution in [-0.2, 0) is 4.74 Å². The number of amides is 1. The monoisotopic (exact) mass is 415 g/mol. The highest BCUT2D eigenvalue weighted by Gasteiger charge is 2.30. The van der Waals surface area contributed by atoms with Crippen LogP contribution in [0.5, 0.6) is 5.75 Å². The molecule has 0 spiro atoms. The minimum atomic E-state index is -0.583. The standard InChI is InChI=1S/C23H33N3O4/c1-23(2,3)30-22(28)25-14-20(16-5-9-17(24)10-6-16)26-19-13-18(29-4)11-7-15(19)8-12-21(26)27/h7-8,11-13,16-17,20H,5-6,9-10,14,24H2,1-4H3,(H,25,28). The van der Waals surface area contributed by atoms with Crippen molar-refractivity contribution in [2.75, 3.05) is 13.7 Å². The molecule has 7 nitrogen and oxygen atoms in total. The second-order valence-corrected chi connectivity index (χ2v) is 9.09. The number of carbonyl (C=O) groups excluding carboxylic acids is 1. The van der Waals surface area contributed by atoms with E-state index in [2.05, 4.69) is 5.32 Å². The maximum atomic E-state index is 13.0. The summed E-state index contributed by atoms with van der Waals surface area (Å²) in [4.78, 5) is 25.3. The molecule has 164 valence electrons. The van der Waals surface area contributed by atoms with Gasteiger partial charge in [-0.1, -0.05) is 0 Å². The molecule has 0 aliphatic heterocycles. The van der Waals surface area contributed by atoms with Crippen molar-refractivity contribution in [2.24, 2.45) is 11.7 Å². The maximum absolute atomic E-state index is 13.0. The fraction of sp³-hybridized carbons (Fsp3) is 0.565. The molecule has 0 radical (unpaired) electrons. The summed E-state index contributed by atoms with van der Waals surface area (Å²) in [6, 6.07) is 9.11. The van der Waals surface area contributed by atoms with Gasteiger partial charge in [-0.2, -0.15) is 0 Å². The number of alkyl carbamates (subject to hydrolysis) is 1. The van der Waals surface area contributed by atoms with Gasteiger partial charge in [-0.05, 0) is 76.0 Å². The molecule has 1 atom stereocenters. The average Bonchev–Trinajstić information content (AvgIpc) is 2.68. The van der Waals surface area contributed by atoms with E-state index in [0.717, 1.165) is 36.6 Å². The van der Waals surface area contributed by atoms with Crippen LogP contribution in [0.4, 0.5) is 4.79 Å². The fourth-order valence-corrected chi connectivity index (χ4v) is 4.20. The van der Waals surface area contributed by atoms with Crippen molar-refractivity contribution >= 4 is 17.0 Å². The second kappa shape index (κ2) is 9.08. The number of rotatable bonds is 5. The van der Waals surface area contributed by atoms with Gasteiger partial charge in [0.1, 0.15) is 11.4 Å². The summed E-state index contributed by atoms with van der Waals surface area (Å²) in [6.07, 6.45) is 3.17. The van der Waals surface area contributed by atoms with E-state index in [4.69, 9.17) is 15.2 Å². The van der Waals surface area contributed by atoms with E-state index in [1.165, 1.54) is 0 Å². The Morgan fingerprint density at radius 1 is 1.20 bits per heavy atom. The van der Waals surface area contributed by atoms with Crippen LogP contribution in [0, 0.1) is 5.92 Å². The van der Waals surface area contributed by atoms with Crippen LogP contribution in [0.25, 0.3) is 10.9 Å². The lowest BCUT2D eigenvalue weighted by atomic mass is 9.81. The van der Waals surface area contributed by atoms with Gasteiger partial charge in [0.2, 0.25) is 0 Å². The Kier molecular flexibility index (Phi) is 6.71. The number of nitrogens with one attached hydrogen (secondary N) is 1. The number of methoxy groups -OCH3 is 1. The number of aromatic nitrogens is 1. The van der Waals surface area contributed by atoms with Crippen LogP contribution >= 0.6 is 0 Å². The van der Waals surface area contributed by atoms with Gasteiger partial charge in [0.05, 0.1) is 18.7 Å². The lowest BCUT2D eigenvalue weighted by molar-refractivity contribution is 0.0511. The van der Waals surface area contributed by atoms with Gasteiger partial charge in [0.15, 0.2) is 0 Å². The summed E-state index contributed by atoms with van der Waals surface area (Å²) >= 11 is 0. The van der Waals surface area contributed by atoms with Crippen LogP contribution in [0.2, 0.25) is 0 Å². The fourth-order valence-electron chi connectivity index (χ4n) is 4.20. The van der Waals surface area contributed by atoms with Crippen molar-refractivity contribution in [3.63, 3.8) is 0 Å². The van der Waals surface area contributed by atoms with Crippen molar-refractivity contribution in [2.45, 2.75) is 64.1 Å². The highest BCUT2D eigenvalue weighted by molar-refractivity contribution is 5.80. The number of nitrogens with two attached hydrogens (primary N) is 1. The molecule has 3 rings (SSSR count). The van der Waals surface area contributed by atoms with E-state index >= 15 is 0 Å². The highest BCUT2D eigenvalue weighted by atomic mass is 16.6. The van der Waals surface area contributed by atoms with E-state index < -0.39 is 11.7 Å². The molecule has 1 aromatic carbocycles. The number of benzene rings is 1. The van der Waals surface area contributed by atoms with Crippen LogP contribution < -0.4 is 21.3 Å². The average molecular weight is 416 g/mol. The van der Waals surface area contributed by atoms with E-state index in [9.17, 15) is 9.59 Å². The number of fused-ring (bicyclic) bond motifs is 1. The number of nitrogens with zero attached hydrogens (tertiary/aromatic N) is 1. The summed E-state index contributed by atoms with van der Waals surface area (Å²) in [5.41, 5.74) is 6.23. The summed E-state index contributed by atoms with van der Waals surface area (Å²) in [5.74, 6) is 0.917. The first-order valence-corrected chi connectivity index (χ1v) is 10.6. The Morgan fingerprint density at radius 2 is 1.87 bits per heavy atom. The predicted octanol–water partition coefficient (Wildman–Crippen LogP) is 3.59. The summed E-state index contributed by atoms with van der Waals surface area (Å²) < 4.78 is 12.6. The van der Waals surface area contributed by atoms with Crippen molar-refractivity contribution in [1.29, 1.82) is 0 Å². The predicted molar refractivity (Wildman–Crippen MR) is 118 cm³/mol. The van der Waals surface area contributed by atoms with E-state index in [1.807, 2.05) is 45.0 Å². The third-order valence-electron chi connectivity index (χ3n) is 5.69. The van der Waals surface area contributed by atoms with Gasteiger partial charge in [-0.3, -0.25) is 4.79 Å². The number of hydrogen-bond acceptors (Lipinski definition) is 5. The van der Waals surface area contributed by atoms with Gasteiger partial charge in [0.25, 0.3) is 5.56 Å². The zero-order chi connectivity index (χ0) is 21.9. The minimum Gasteiger partial charge on any atom is -0.497 e. The molecule has 2 aromatic rings. The molecule has 1 fully saturated rings. The minimum absolute atomic E-state index is 0.0957. The van der Waals surface area contributed by atoms with Crippen molar-refractivity contribution in [1.82, 2.24) is 9.88 Å². The molecule has 0 saturated heterocycles. The molecule has 3 N–H and O–H groups in total. The highest BCUT2D eigenvalue weighted by Crippen LogP contribution is 2.34. The number of carbonyl (C=O) groups is 1. The Balaban J connectivity index is 1.98. The Morgan fingerprint density at radius 3 is 2.50 bits per heavy atom. The molecule has 30 heavy (non-hydrogen) atoms. The van der Waals surface area contributed by atoms with Gasteiger partial charge >= 0.3 is 6.09 Å². The molecule has 7 heteroatoms. The zero-order valence-corrected chi connectivity index (χ0v) is 18.3. The van der Waals surface area contributed by atoms with Crippen molar-refractivity contribution in [3.05, 3.63) is 40.7 Å². The number of pyridine rings is 1. The van der Waals surface area contributed by atoms with Gasteiger partial charge < -0.3 is 25.1 Å². The second-order valence-electron chi connectivity index (χ2n) is 9.09. The molecule has 1 aliphatic rings. The molecule has 1 unspecified atom stereocenters. The number of hydrogen-bond donors (Lipinski definition) is 2. The lowest BCUT2D eigenvalue weighted by Gasteiger charge is -2.34. The SMILES string of the molecule is COc1ccc2ccc(=O)n(C(CNC(=O)OC(C)(C)C)C3CCC(N)CC3)c2c1. The largest absolute Gasteiger partial charge is 0.497 e. The van der Waals surface area contributed by atoms with Crippen molar-refractivity contribution in [3.8, 4) is 5.75 Å². The molecule has 0 bridgehead atoms. The van der Waals surface area contributed by atoms with Crippen LogP contribution in [-0.4, -0.2) is 36.0 Å². The molecular weight excluding hydrogens is 382 g/mol. The van der Waals surface area contributed by atoms with Gasteiger partial charge in [-0.25, -0.2) is 4.79 Å². The molecule has 1 saturated carbocycles. The molecule has 1 amide bonds. The topological polar surface area (TPSA) is 95.6 Å². The first kappa shape index (κ1) is 22.2. The van der Waals surface area contributed by atoms with Gasteiger partial charge in [0, 0.05) is 24.7 Å². The van der Waals surface area contributed by atoms with Crippen LogP contribution in [0.3, 0.4) is 0 Å². The lowest BCUT2D eigenvalue weighted by Crippen LogP contribution is -2.42. The summed E-state index contributed by atoms with van der Waals surface area (Å²) in [5, 5.41) is 3.83. The molecule has 1 heterocycles. The van der Waals surface area contributed by atoms with E-state index in [0.29, 0.717) is 12.3 Å². The van der Waals surface area contributed by atoms with Crippen molar-refractivity contribution < 1.29 is 14.3 Å². The van der Waals surface area contributed by atoms with E-state index in [-0.39, 0.29) is 23.6 Å². The van der Waals surface area contributed by atoms with Gasteiger partial charge in [-0.15, -0.1) is 0 Å². The maximum Gasteiger partial charge on any atom is 0.407 e. The normalized spacial score (nSPS) is 20.6. The number of ether oxygens (including phenoxy) is 2. The smallest absolute Gasteiger partial charge is 0.407 e. The molecule has 1 aromatic heterocycles. The Hall–Kier alpha value is -2.54. The van der Waals surface area contributed by atoms with E-state index in [1.54, 1.807) is 17.7 Å². The third-order valence-corrected chi connectivity index (χ3v) is 5.69. The Bertz CT molecular complexity index is 940.